The molecule has 5 aromatic carbocycles. The van der Waals surface area contributed by atoms with Gasteiger partial charge in [0, 0.05) is 129 Å². The van der Waals surface area contributed by atoms with Crippen LogP contribution in [0.1, 0.15) is 105 Å². The number of hydrogen-bond donors (Lipinski definition) is 22. The zero-order valence-electron chi connectivity index (χ0n) is 72.2. The molecule has 0 saturated carbocycles. The number of piperidine rings is 1. The lowest BCUT2D eigenvalue weighted by atomic mass is 9.73. The molecule has 1 aliphatic carbocycles. The van der Waals surface area contributed by atoms with E-state index >= 15 is 19.2 Å². The number of unbranched alkanes of at least 4 members (excludes halogenated alkanes) is 2. The van der Waals surface area contributed by atoms with Crippen molar-refractivity contribution in [2.75, 3.05) is 95.5 Å². The fraction of sp³-hybridized carbons (Fsp3) is 0.489. The molecule has 38 heteroatoms. The number of phenolic OH excluding ortho intramolecular Hbond substituents is 3. The molecule has 2 unspecified atom stereocenters. The first kappa shape index (κ1) is 99.2. The highest BCUT2D eigenvalue weighted by Crippen LogP contribution is 2.45. The van der Waals surface area contributed by atoms with Crippen LogP contribution in [-0.4, -0.2) is 289 Å². The molecule has 11 amide bonds. The number of para-hydroxylation sites is 1. The van der Waals surface area contributed by atoms with Gasteiger partial charge in [0.2, 0.25) is 65.0 Å². The standard InChI is InChI=1S/C90H122N18O17S3/c1-4-65(81(115)103-75(49-127)89(123)105-80(52(2)109)90(124)125)97-83(117)69(16-8-10-31-92)98-87(121)73(42-57-44-94-66-14-6-5-12-62(57)66)102-85(119)71(40-54-20-26-60(111)27-21-54)101-88(122)74(48-126)104-86(120)72(41-55-22-28-61(112)29-23-55)100-84(118)70(39-53-18-24-59(110)25-19-53)99-82(116)68(15-7-9-30-91)96-77(113)47-108-36-34-107(35-37-108)33-32-93-78(114)51-128-50-56-38-64-63-13-11-17-67-79(63)58(45-95-67)43-76(64)106(3)46-56/h5-6,11-14,17-29,44-45,52,56,64-65,68-76,80,94-95,109-112,126-127H,4,7-10,15-16,30-43,46-51,91-92H2,1-3H3,(H,93,114)(H,96,113)(H,97,117)(H,98,121)(H,99,116)(H,100,118)(H,101,122)(H,102,119)(H,103,115)(H,104,120)(H,105,123)(H,124,125)/t52-,56-,64?,65+,68+,69+,70-,71+,72-,73-,74+,75+,76?,80+/m1/s1. The zero-order chi connectivity index (χ0) is 92.1. The molecular formula is C90H122N18O17S3. The number of thiol groups is 2. The van der Waals surface area contributed by atoms with Crippen LogP contribution in [0.4, 0.5) is 0 Å². The van der Waals surface area contributed by atoms with Crippen molar-refractivity contribution in [2.24, 2.45) is 17.4 Å². The summed E-state index contributed by atoms with van der Waals surface area (Å²) in [6.07, 6.45) is 5.03. The monoisotopic (exact) mass is 1820 g/mol. The van der Waals surface area contributed by atoms with Gasteiger partial charge in [0.1, 0.15) is 71.6 Å². The molecule has 7 aromatic rings. The smallest absolute Gasteiger partial charge is 0.328 e. The third-order valence-corrected chi connectivity index (χ3v) is 25.5. The van der Waals surface area contributed by atoms with Crippen LogP contribution in [0, 0.1) is 5.92 Å². The number of carbonyl (C=O) groups excluding carboxylic acids is 11. The molecule has 22 N–H and O–H groups in total. The van der Waals surface area contributed by atoms with Gasteiger partial charge in [-0.1, -0.05) is 73.7 Å². The van der Waals surface area contributed by atoms with Gasteiger partial charge in [0.05, 0.1) is 18.4 Å². The molecule has 0 radical (unpaired) electrons. The van der Waals surface area contributed by atoms with Gasteiger partial charge >= 0.3 is 5.97 Å². The first-order chi connectivity index (χ1) is 61.5. The molecule has 3 aliphatic rings. The largest absolute Gasteiger partial charge is 0.508 e. The van der Waals surface area contributed by atoms with Gasteiger partial charge in [-0.2, -0.15) is 37.0 Å². The highest BCUT2D eigenvalue weighted by atomic mass is 32.2. The van der Waals surface area contributed by atoms with Crippen LogP contribution >= 0.6 is 37.0 Å². The molecule has 4 heterocycles. The number of likely N-dealkylation sites (N-methyl/N-ethyl adjacent to an activating group) is 1. The number of rotatable bonds is 49. The van der Waals surface area contributed by atoms with Gasteiger partial charge < -0.3 is 110 Å². The van der Waals surface area contributed by atoms with Crippen LogP contribution in [0.3, 0.4) is 0 Å². The van der Waals surface area contributed by atoms with Gasteiger partial charge in [0.15, 0.2) is 6.04 Å². The second-order valence-corrected chi connectivity index (χ2v) is 34.9. The number of hydrogen-bond acceptors (Lipinski definition) is 24. The topological polar surface area (TPSA) is 532 Å². The number of nitrogens with two attached hydrogens (primary N) is 2. The van der Waals surface area contributed by atoms with Crippen molar-refractivity contribution in [3.8, 4) is 17.2 Å². The molecule has 2 saturated heterocycles. The number of phenols is 3. The van der Waals surface area contributed by atoms with Crippen molar-refractivity contribution in [2.45, 2.75) is 176 Å². The van der Waals surface area contributed by atoms with Gasteiger partial charge in [-0.15, -0.1) is 0 Å². The highest BCUT2D eigenvalue weighted by Gasteiger charge is 2.41. The number of aromatic amines is 2. The molecule has 0 bridgehead atoms. The van der Waals surface area contributed by atoms with E-state index in [4.69, 9.17) is 11.5 Å². The van der Waals surface area contributed by atoms with E-state index in [2.05, 4.69) is 135 Å². The van der Waals surface area contributed by atoms with Gasteiger partial charge in [-0.25, -0.2) is 4.79 Å². The van der Waals surface area contributed by atoms with Crippen LogP contribution in [0.25, 0.3) is 21.8 Å². The molecule has 0 spiro atoms. The number of aliphatic hydroxyl groups is 1. The van der Waals surface area contributed by atoms with Crippen molar-refractivity contribution in [3.05, 3.63) is 161 Å². The van der Waals surface area contributed by atoms with Crippen molar-refractivity contribution in [1.29, 1.82) is 0 Å². The minimum absolute atomic E-state index is 0.0128. The summed E-state index contributed by atoms with van der Waals surface area (Å²) in [5.41, 5.74) is 18.3. The number of carboxylic acid groups (broad SMARTS) is 1. The second-order valence-electron chi connectivity index (χ2n) is 33.2. The number of aromatic nitrogens is 2. The molecule has 14 atom stereocenters. The Morgan fingerprint density at radius 3 is 1.47 bits per heavy atom. The van der Waals surface area contributed by atoms with Crippen molar-refractivity contribution in [1.82, 2.24) is 83.2 Å². The number of aromatic hydroxyl groups is 3. The Labute approximate surface area is 758 Å². The summed E-state index contributed by atoms with van der Waals surface area (Å²) in [6.45, 7) is 7.53. The summed E-state index contributed by atoms with van der Waals surface area (Å²) in [5.74, 6) is -9.01. The maximum atomic E-state index is 15.3. The molecule has 35 nitrogen and oxygen atoms in total. The van der Waals surface area contributed by atoms with E-state index in [-0.39, 0.29) is 99.9 Å². The third kappa shape index (κ3) is 28.8. The van der Waals surface area contributed by atoms with E-state index in [1.807, 2.05) is 4.90 Å². The van der Waals surface area contributed by atoms with E-state index in [1.165, 1.54) is 82.7 Å². The number of nitrogens with one attached hydrogen (secondary N) is 13. The predicted octanol–water partition coefficient (Wildman–Crippen LogP) is 1.00. The first-order valence-corrected chi connectivity index (χ1v) is 46.0. The normalized spacial score (nSPS) is 17.8. The Morgan fingerprint density at radius 2 is 0.961 bits per heavy atom. The summed E-state index contributed by atoms with van der Waals surface area (Å²) in [5, 5.41) is 82.4. The average molecular weight is 1820 g/mol. The Hall–Kier alpha value is -11.0. The maximum absolute atomic E-state index is 15.3. The fourth-order valence-electron chi connectivity index (χ4n) is 16.6. The van der Waals surface area contributed by atoms with Gasteiger partial charge in [-0.05, 0) is 178 Å². The number of likely N-dealkylation sites (tertiary alicyclic amines) is 1. The average Bonchev–Trinajstić information content (AvgIpc) is 1.61. The Morgan fingerprint density at radius 1 is 0.516 bits per heavy atom. The number of carbonyl (C=O) groups is 12. The third-order valence-electron chi connectivity index (χ3n) is 23.6. The lowest BCUT2D eigenvalue weighted by molar-refractivity contribution is -0.145. The van der Waals surface area contributed by atoms with E-state index in [0.29, 0.717) is 115 Å². The van der Waals surface area contributed by atoms with Crippen LogP contribution in [0.2, 0.25) is 0 Å². The number of aliphatic hydroxyl groups excluding tert-OH is 1. The highest BCUT2D eigenvalue weighted by molar-refractivity contribution is 7.99. The minimum Gasteiger partial charge on any atom is -0.508 e. The lowest BCUT2D eigenvalue weighted by Crippen LogP contribution is -2.61. The van der Waals surface area contributed by atoms with E-state index in [1.54, 1.807) is 61.3 Å². The number of piperazine rings is 1. The Kier molecular flexibility index (Phi) is 38.0. The predicted molar refractivity (Wildman–Crippen MR) is 492 cm³/mol. The van der Waals surface area contributed by atoms with Gasteiger partial charge in [0.25, 0.3) is 0 Å². The molecule has 2 aliphatic heterocycles. The number of thioether (sulfide) groups is 1. The van der Waals surface area contributed by atoms with Crippen LogP contribution in [0.5, 0.6) is 17.2 Å². The van der Waals surface area contributed by atoms with Crippen LogP contribution in [0.15, 0.2) is 128 Å². The maximum Gasteiger partial charge on any atom is 0.328 e. The molecule has 2 fully saturated rings. The Balaban J connectivity index is 0.791. The van der Waals surface area contributed by atoms with Crippen molar-refractivity contribution in [3.63, 3.8) is 0 Å². The van der Waals surface area contributed by atoms with E-state index in [0.717, 1.165) is 32.1 Å². The number of carboxylic acids is 1. The minimum atomic E-state index is -1.73. The number of benzene rings is 5. The summed E-state index contributed by atoms with van der Waals surface area (Å²) in [4.78, 5) is 184. The second kappa shape index (κ2) is 49.0. The number of amides is 11. The quantitative estimate of drug-likeness (QED) is 0.0187. The summed E-state index contributed by atoms with van der Waals surface area (Å²) in [6, 6.07) is 16.6. The van der Waals surface area contributed by atoms with E-state index < -0.39 is 137 Å². The first-order valence-electron chi connectivity index (χ1n) is 43.5. The SMILES string of the molecule is CC[C@H](NC(=O)[C@H](CCCCN)NC(=O)[C@@H](Cc1c[nH]c2ccccc12)NC(=O)[C@H](Cc1ccc(O)cc1)NC(=O)[C@H](CS)NC(=O)[C@@H](Cc1ccc(O)cc1)NC(=O)[C@@H](Cc1ccc(O)cc1)NC(=O)[C@H](CCCCN)NC(=O)CN1CCN(CCNC(=O)CSC[C@@H]2CC3c4cccc5[nH]cc(c45)CC3N(C)C2)CC1)C(=O)N[C@@H](CS)C(=O)N[C@H](C(=O)O)[C@@H](C)O. The summed E-state index contributed by atoms with van der Waals surface area (Å²) >= 11 is 10.3. The number of fused-ring (bicyclic) bond motifs is 3. The summed E-state index contributed by atoms with van der Waals surface area (Å²) in [7, 11) is 2.22. The summed E-state index contributed by atoms with van der Waals surface area (Å²) < 4.78 is 0. The molecule has 128 heavy (non-hydrogen) atoms. The van der Waals surface area contributed by atoms with Gasteiger partial charge in [-0.3, -0.25) is 62.5 Å². The molecule has 10 rings (SSSR count). The van der Waals surface area contributed by atoms with Crippen molar-refractivity contribution >= 4 is 130 Å². The van der Waals surface area contributed by atoms with Crippen LogP contribution in [-0.2, 0) is 89.6 Å². The number of H-pyrrole nitrogens is 2. The number of nitrogens with zero attached hydrogens (tertiary/aromatic N) is 3. The van der Waals surface area contributed by atoms with E-state index in [9.17, 15) is 63.9 Å². The lowest BCUT2D eigenvalue weighted by Gasteiger charge is -2.45. The zero-order valence-corrected chi connectivity index (χ0v) is 74.8. The molecule has 2 aromatic heterocycles. The fourth-order valence-corrected chi connectivity index (χ4v) is 18.1. The number of aliphatic carboxylic acids is 1. The van der Waals surface area contributed by atoms with Crippen LogP contribution < -0.4 is 70.0 Å². The molecular weight excluding hydrogens is 1700 g/mol. The molecule has 692 valence electrons. The van der Waals surface area contributed by atoms with Crippen molar-refractivity contribution < 1.29 is 83.1 Å². The Bertz CT molecular complexity index is 4920.